The molecule has 0 saturated carbocycles. The van der Waals surface area contributed by atoms with Gasteiger partial charge in [-0.1, -0.05) is 6.07 Å². The van der Waals surface area contributed by atoms with Gasteiger partial charge < -0.3 is 10.6 Å². The van der Waals surface area contributed by atoms with Crippen molar-refractivity contribution < 1.29 is 13.2 Å². The molecular formula is C23H20F3N9. The molecule has 1 fully saturated rings. The topological polar surface area (TPSA) is 125 Å². The summed E-state index contributed by atoms with van der Waals surface area (Å²) in [5.41, 5.74) is 7.91. The number of pyridine rings is 1. The molecule has 5 heterocycles. The van der Waals surface area contributed by atoms with Gasteiger partial charge in [-0.3, -0.25) is 15.2 Å². The minimum atomic E-state index is -4.59. The zero-order valence-corrected chi connectivity index (χ0v) is 18.3. The van der Waals surface area contributed by atoms with Crippen LogP contribution in [-0.4, -0.2) is 54.5 Å². The average Bonchev–Trinajstić information content (AvgIpc) is 3.48. The van der Waals surface area contributed by atoms with Gasteiger partial charge in [-0.25, -0.2) is 9.97 Å². The standard InChI is InChI=1S/C23H20F3N9/c24-23(25,26)21-19-14(3-6-29-22(19)34-33-21)12-1-2-16-15(9-12)20(32-31-16)17-10-28-11-18(30-17)35-7-4-13(27)5-8-35/h1-3,6,9-11,13H,4-5,7-8,27H2,(H,31,32)(H,29,33,34). The van der Waals surface area contributed by atoms with Crippen LogP contribution in [0.4, 0.5) is 19.0 Å². The Morgan fingerprint density at radius 1 is 1.03 bits per heavy atom. The van der Waals surface area contributed by atoms with E-state index >= 15 is 0 Å². The molecule has 0 radical (unpaired) electrons. The zero-order chi connectivity index (χ0) is 24.2. The molecule has 1 saturated heterocycles. The van der Waals surface area contributed by atoms with E-state index in [9.17, 15) is 13.2 Å². The smallest absolute Gasteiger partial charge is 0.355 e. The Hall–Kier alpha value is -4.06. The fraction of sp³-hybridized carbons (Fsp3) is 0.261. The Balaban J connectivity index is 1.45. The second kappa shape index (κ2) is 8.01. The maximum absolute atomic E-state index is 13.6. The number of aromatic amines is 2. The summed E-state index contributed by atoms with van der Waals surface area (Å²) < 4.78 is 40.8. The van der Waals surface area contributed by atoms with Crippen molar-refractivity contribution >= 4 is 27.8 Å². The summed E-state index contributed by atoms with van der Waals surface area (Å²) >= 11 is 0. The highest BCUT2D eigenvalue weighted by atomic mass is 19.4. The number of aromatic nitrogens is 7. The molecular weight excluding hydrogens is 459 g/mol. The van der Waals surface area contributed by atoms with E-state index < -0.39 is 11.9 Å². The van der Waals surface area contributed by atoms with Crippen molar-refractivity contribution in [2.45, 2.75) is 25.1 Å². The summed E-state index contributed by atoms with van der Waals surface area (Å²) in [6, 6.07) is 7.07. The summed E-state index contributed by atoms with van der Waals surface area (Å²) in [6.45, 7) is 1.60. The summed E-state index contributed by atoms with van der Waals surface area (Å²) in [7, 11) is 0. The lowest BCUT2D eigenvalue weighted by molar-refractivity contribution is -0.139. The Labute approximate surface area is 196 Å². The number of hydrogen-bond acceptors (Lipinski definition) is 7. The van der Waals surface area contributed by atoms with Crippen molar-refractivity contribution in [3.8, 4) is 22.5 Å². The van der Waals surface area contributed by atoms with E-state index in [0.29, 0.717) is 22.5 Å². The van der Waals surface area contributed by atoms with Crippen LogP contribution < -0.4 is 10.6 Å². The number of fused-ring (bicyclic) bond motifs is 2. The van der Waals surface area contributed by atoms with Gasteiger partial charge >= 0.3 is 6.18 Å². The van der Waals surface area contributed by atoms with Crippen molar-refractivity contribution in [3.05, 3.63) is 48.5 Å². The SMILES string of the molecule is NC1CCN(c2cncc(-c3n[nH]c4ccc(-c5ccnc6n[nH]c(C(F)(F)F)c56)cc34)n2)CC1. The number of H-pyrrole nitrogens is 2. The van der Waals surface area contributed by atoms with Gasteiger partial charge in [0.25, 0.3) is 0 Å². The van der Waals surface area contributed by atoms with Crippen LogP contribution in [0.5, 0.6) is 0 Å². The van der Waals surface area contributed by atoms with Crippen molar-refractivity contribution in [2.75, 3.05) is 18.0 Å². The fourth-order valence-electron chi connectivity index (χ4n) is 4.52. The summed E-state index contributed by atoms with van der Waals surface area (Å²) in [6.07, 6.45) is 1.96. The van der Waals surface area contributed by atoms with Gasteiger partial charge in [0.15, 0.2) is 5.65 Å². The monoisotopic (exact) mass is 479 g/mol. The summed E-state index contributed by atoms with van der Waals surface area (Å²) in [5, 5.41) is 13.9. The van der Waals surface area contributed by atoms with Crippen LogP contribution in [0, 0.1) is 0 Å². The number of nitrogens with one attached hydrogen (secondary N) is 2. The molecule has 12 heteroatoms. The van der Waals surface area contributed by atoms with E-state index in [4.69, 9.17) is 10.7 Å². The van der Waals surface area contributed by atoms with E-state index in [2.05, 4.69) is 35.3 Å². The number of anilines is 1. The molecule has 0 bridgehead atoms. The predicted octanol–water partition coefficient (Wildman–Crippen LogP) is 3.90. The van der Waals surface area contributed by atoms with Crippen LogP contribution in [0.25, 0.3) is 44.5 Å². The van der Waals surface area contributed by atoms with E-state index in [-0.39, 0.29) is 17.1 Å². The van der Waals surface area contributed by atoms with Gasteiger partial charge in [-0.2, -0.15) is 23.4 Å². The predicted molar refractivity (Wildman–Crippen MR) is 124 cm³/mol. The molecule has 1 aromatic carbocycles. The number of piperidine rings is 1. The molecule has 4 aromatic heterocycles. The largest absolute Gasteiger partial charge is 0.433 e. The van der Waals surface area contributed by atoms with Crippen LogP contribution in [0.2, 0.25) is 0 Å². The molecule has 35 heavy (non-hydrogen) atoms. The molecule has 5 aromatic rings. The first-order valence-corrected chi connectivity index (χ1v) is 11.1. The third kappa shape index (κ3) is 3.75. The average molecular weight is 479 g/mol. The first kappa shape index (κ1) is 21.5. The molecule has 6 rings (SSSR count). The van der Waals surface area contributed by atoms with Gasteiger partial charge in [0.05, 0.1) is 23.3 Å². The fourth-order valence-corrected chi connectivity index (χ4v) is 4.52. The quantitative estimate of drug-likeness (QED) is 0.358. The lowest BCUT2D eigenvalue weighted by Crippen LogP contribution is -2.40. The zero-order valence-electron chi connectivity index (χ0n) is 18.3. The number of alkyl halides is 3. The van der Waals surface area contributed by atoms with Crippen molar-refractivity contribution in [3.63, 3.8) is 0 Å². The normalized spacial score (nSPS) is 15.4. The first-order valence-electron chi connectivity index (χ1n) is 11.1. The van der Waals surface area contributed by atoms with Crippen molar-refractivity contribution in [1.82, 2.24) is 35.3 Å². The second-order valence-electron chi connectivity index (χ2n) is 8.57. The van der Waals surface area contributed by atoms with Crippen LogP contribution in [-0.2, 0) is 6.18 Å². The third-order valence-corrected chi connectivity index (χ3v) is 6.34. The molecule has 1 aliphatic rings. The molecule has 9 nitrogen and oxygen atoms in total. The van der Waals surface area contributed by atoms with E-state index in [1.165, 1.54) is 6.20 Å². The van der Waals surface area contributed by atoms with Crippen LogP contribution in [0.3, 0.4) is 0 Å². The minimum Gasteiger partial charge on any atom is -0.355 e. The Kier molecular flexibility index (Phi) is 4.92. The molecule has 0 spiro atoms. The number of benzene rings is 1. The number of halogens is 3. The van der Waals surface area contributed by atoms with Gasteiger partial charge in [0.1, 0.15) is 22.9 Å². The maximum Gasteiger partial charge on any atom is 0.433 e. The molecule has 4 N–H and O–H groups in total. The third-order valence-electron chi connectivity index (χ3n) is 6.34. The summed E-state index contributed by atoms with van der Waals surface area (Å²) in [5.74, 6) is 0.741. The Morgan fingerprint density at radius 2 is 1.86 bits per heavy atom. The molecule has 0 atom stereocenters. The van der Waals surface area contributed by atoms with Crippen molar-refractivity contribution in [2.24, 2.45) is 5.73 Å². The summed E-state index contributed by atoms with van der Waals surface area (Å²) in [4.78, 5) is 15.3. The number of rotatable bonds is 3. The minimum absolute atomic E-state index is 0.00200. The number of nitrogens with zero attached hydrogens (tertiary/aromatic N) is 6. The number of hydrogen-bond donors (Lipinski definition) is 3. The highest BCUT2D eigenvalue weighted by molar-refractivity contribution is 6.00. The molecule has 0 amide bonds. The highest BCUT2D eigenvalue weighted by Crippen LogP contribution is 2.39. The molecule has 178 valence electrons. The lowest BCUT2D eigenvalue weighted by atomic mass is 10.00. The van der Waals surface area contributed by atoms with Crippen molar-refractivity contribution in [1.29, 1.82) is 0 Å². The van der Waals surface area contributed by atoms with Gasteiger partial charge in [0.2, 0.25) is 0 Å². The second-order valence-corrected chi connectivity index (χ2v) is 8.57. The number of nitrogens with two attached hydrogens (primary N) is 1. The highest BCUT2D eigenvalue weighted by Gasteiger charge is 2.36. The van der Waals surface area contributed by atoms with Crippen LogP contribution in [0.15, 0.2) is 42.9 Å². The van der Waals surface area contributed by atoms with E-state index in [1.807, 2.05) is 0 Å². The van der Waals surface area contributed by atoms with E-state index in [1.54, 1.807) is 36.7 Å². The Morgan fingerprint density at radius 3 is 2.66 bits per heavy atom. The van der Waals surface area contributed by atoms with Crippen LogP contribution >= 0.6 is 0 Å². The molecule has 0 aliphatic carbocycles. The van der Waals surface area contributed by atoms with Crippen LogP contribution in [0.1, 0.15) is 18.5 Å². The Bertz CT molecular complexity index is 1530. The molecule has 1 aliphatic heterocycles. The van der Waals surface area contributed by atoms with Gasteiger partial charge in [-0.05, 0) is 42.2 Å². The maximum atomic E-state index is 13.6. The van der Waals surface area contributed by atoms with E-state index in [0.717, 1.165) is 42.7 Å². The first-order chi connectivity index (χ1) is 16.9. The lowest BCUT2D eigenvalue weighted by Gasteiger charge is -2.30. The molecule has 0 unspecified atom stereocenters. The van der Waals surface area contributed by atoms with Gasteiger partial charge in [-0.15, -0.1) is 0 Å². The van der Waals surface area contributed by atoms with Gasteiger partial charge in [0, 0.05) is 30.7 Å².